The predicted octanol–water partition coefficient (Wildman–Crippen LogP) is 6.86. The third kappa shape index (κ3) is 5.87. The van der Waals surface area contributed by atoms with Gasteiger partial charge in [0.05, 0.1) is 0 Å². The number of fused-ring (bicyclic) bond motifs is 1. The number of piperidine rings is 2. The summed E-state index contributed by atoms with van der Waals surface area (Å²) in [6, 6.07) is 14.1. The van der Waals surface area contributed by atoms with E-state index in [0.29, 0.717) is 31.0 Å². The summed E-state index contributed by atoms with van der Waals surface area (Å²) in [5, 5.41) is 0.910. The Morgan fingerprint density at radius 2 is 1.66 bits per heavy atom. The maximum atomic E-state index is 14.1. The molecule has 1 unspecified atom stereocenters. The van der Waals surface area contributed by atoms with Crippen molar-refractivity contribution in [3.05, 3.63) is 70.4 Å². The fourth-order valence-corrected chi connectivity index (χ4v) is 6.73. The molecule has 3 aromatic rings. The number of rotatable bonds is 5. The normalized spacial score (nSPS) is 20.4. The van der Waals surface area contributed by atoms with Crippen molar-refractivity contribution < 1.29 is 27.5 Å². The number of esters is 1. The predicted molar refractivity (Wildman–Crippen MR) is 151 cm³/mol. The molecule has 6 nitrogen and oxygen atoms in total. The van der Waals surface area contributed by atoms with Crippen molar-refractivity contribution in [1.29, 1.82) is 0 Å². The number of H-pyrrole nitrogens is 1. The number of hydrogen-bond acceptors (Lipinski definition) is 4. The highest BCUT2D eigenvalue weighted by atomic mass is 19.4. The third-order valence-corrected chi connectivity index (χ3v) is 8.83. The van der Waals surface area contributed by atoms with Crippen LogP contribution in [0.2, 0.25) is 0 Å². The molecule has 0 saturated carbocycles. The molecule has 2 fully saturated rings. The van der Waals surface area contributed by atoms with E-state index in [4.69, 9.17) is 4.74 Å². The third-order valence-electron chi connectivity index (χ3n) is 8.83. The van der Waals surface area contributed by atoms with Crippen LogP contribution in [-0.4, -0.2) is 58.7 Å². The standard InChI is InChI=1S/C32H38F3N3O3/c1-20-9-7-10-21(2)26(20)22-13-17-37(18-14-22)19-24-23-11-5-6-12-25(23)36-27(24)28(39)38-16-8-15-31(3,4)29(38)41-30(40)32(33,34)35/h5-7,9-12,22,29,36H,8,13-19H2,1-4H3. The molecular formula is C32H38F3N3O3. The first-order valence-corrected chi connectivity index (χ1v) is 14.3. The van der Waals surface area contributed by atoms with Crippen LogP contribution in [0.25, 0.3) is 10.9 Å². The number of carbonyl (C=O) groups excluding carboxylic acids is 2. The Bertz CT molecular complexity index is 1420. The molecule has 3 heterocycles. The minimum atomic E-state index is -5.14. The number of halogens is 3. The minimum absolute atomic E-state index is 0.202. The molecule has 2 aromatic carbocycles. The van der Waals surface area contributed by atoms with E-state index in [9.17, 15) is 22.8 Å². The first-order chi connectivity index (χ1) is 19.4. The van der Waals surface area contributed by atoms with Gasteiger partial charge in [0.1, 0.15) is 5.69 Å². The molecule has 1 atom stereocenters. The van der Waals surface area contributed by atoms with Crippen LogP contribution in [0.4, 0.5) is 13.2 Å². The SMILES string of the molecule is Cc1cccc(C)c1C1CCN(Cc2c(C(=O)N3CCCC(C)(C)C3OC(=O)C(F)(F)F)[nH]c3ccccc23)CC1. The highest BCUT2D eigenvalue weighted by Gasteiger charge is 2.49. The van der Waals surface area contributed by atoms with Crippen molar-refractivity contribution in [2.75, 3.05) is 19.6 Å². The van der Waals surface area contributed by atoms with Gasteiger partial charge in [-0.1, -0.05) is 50.2 Å². The fourth-order valence-electron chi connectivity index (χ4n) is 6.73. The van der Waals surface area contributed by atoms with Crippen molar-refractivity contribution >= 4 is 22.8 Å². The average Bonchev–Trinajstić information content (AvgIpc) is 3.27. The van der Waals surface area contributed by atoms with Crippen LogP contribution < -0.4 is 0 Å². The van der Waals surface area contributed by atoms with Gasteiger partial charge in [-0.25, -0.2) is 4.79 Å². The Kier molecular flexibility index (Phi) is 7.94. The van der Waals surface area contributed by atoms with Gasteiger partial charge in [0, 0.05) is 35.0 Å². The number of aryl methyl sites for hydroxylation is 2. The van der Waals surface area contributed by atoms with Gasteiger partial charge in [-0.15, -0.1) is 0 Å². The molecule has 41 heavy (non-hydrogen) atoms. The van der Waals surface area contributed by atoms with Gasteiger partial charge in [-0.2, -0.15) is 13.2 Å². The zero-order chi connectivity index (χ0) is 29.5. The summed E-state index contributed by atoms with van der Waals surface area (Å²) in [5.41, 5.74) is 5.18. The van der Waals surface area contributed by atoms with Crippen molar-refractivity contribution in [2.24, 2.45) is 5.41 Å². The lowest BCUT2D eigenvalue weighted by Crippen LogP contribution is -2.55. The maximum absolute atomic E-state index is 14.1. The number of aromatic nitrogens is 1. The van der Waals surface area contributed by atoms with Gasteiger partial charge in [0.15, 0.2) is 6.23 Å². The summed E-state index contributed by atoms with van der Waals surface area (Å²) < 4.78 is 44.5. The summed E-state index contributed by atoms with van der Waals surface area (Å²) >= 11 is 0. The van der Waals surface area contributed by atoms with Crippen LogP contribution in [0, 0.1) is 19.3 Å². The van der Waals surface area contributed by atoms with Gasteiger partial charge >= 0.3 is 12.1 Å². The topological polar surface area (TPSA) is 65.6 Å². The molecule has 0 spiro atoms. The molecule has 1 N–H and O–H groups in total. The Balaban J connectivity index is 1.41. The van der Waals surface area contributed by atoms with Crippen LogP contribution in [0.15, 0.2) is 42.5 Å². The molecule has 9 heteroatoms. The van der Waals surface area contributed by atoms with Crippen molar-refractivity contribution in [1.82, 2.24) is 14.8 Å². The summed E-state index contributed by atoms with van der Waals surface area (Å²) in [7, 11) is 0. The molecule has 220 valence electrons. The molecule has 2 saturated heterocycles. The average molecular weight is 570 g/mol. The summed E-state index contributed by atoms with van der Waals surface area (Å²) in [4.78, 5) is 32.8. The van der Waals surface area contributed by atoms with Crippen molar-refractivity contribution in [3.63, 3.8) is 0 Å². The number of alkyl halides is 3. The molecule has 2 aliphatic heterocycles. The van der Waals surface area contributed by atoms with Crippen molar-refractivity contribution in [3.8, 4) is 0 Å². The summed E-state index contributed by atoms with van der Waals surface area (Å²) in [5.74, 6) is -2.25. The second-order valence-corrected chi connectivity index (χ2v) is 12.2. The number of benzene rings is 2. The number of para-hydroxylation sites is 1. The van der Waals surface area contributed by atoms with Crippen LogP contribution >= 0.6 is 0 Å². The number of nitrogens with one attached hydrogen (secondary N) is 1. The number of aromatic amines is 1. The number of hydrogen-bond donors (Lipinski definition) is 1. The smallest absolute Gasteiger partial charge is 0.434 e. The fraction of sp³-hybridized carbons (Fsp3) is 0.500. The van der Waals surface area contributed by atoms with Gasteiger partial charge in [0.25, 0.3) is 5.91 Å². The molecule has 2 aliphatic rings. The molecule has 0 radical (unpaired) electrons. The van der Waals surface area contributed by atoms with E-state index < -0.39 is 29.7 Å². The number of likely N-dealkylation sites (tertiary alicyclic amines) is 2. The zero-order valence-corrected chi connectivity index (χ0v) is 24.1. The van der Waals surface area contributed by atoms with Crippen molar-refractivity contribution in [2.45, 2.75) is 78.2 Å². The molecule has 1 aromatic heterocycles. The minimum Gasteiger partial charge on any atom is -0.434 e. The molecule has 5 rings (SSSR count). The number of amides is 1. The van der Waals surface area contributed by atoms with Gasteiger partial charge in [-0.05, 0) is 81.3 Å². The largest absolute Gasteiger partial charge is 0.491 e. The van der Waals surface area contributed by atoms with Gasteiger partial charge < -0.3 is 14.6 Å². The Morgan fingerprint density at radius 3 is 2.32 bits per heavy atom. The first kappa shape index (κ1) is 29.2. The zero-order valence-electron chi connectivity index (χ0n) is 24.1. The van der Waals surface area contributed by atoms with E-state index in [1.807, 2.05) is 24.3 Å². The van der Waals surface area contributed by atoms with E-state index >= 15 is 0 Å². The first-order valence-electron chi connectivity index (χ1n) is 14.3. The van der Waals surface area contributed by atoms with E-state index in [1.54, 1.807) is 13.8 Å². The number of nitrogens with zero attached hydrogens (tertiary/aromatic N) is 2. The quantitative estimate of drug-likeness (QED) is 0.341. The summed E-state index contributed by atoms with van der Waals surface area (Å²) in [6.45, 7) is 10.3. The summed E-state index contributed by atoms with van der Waals surface area (Å²) in [6.07, 6.45) is -3.33. The monoisotopic (exact) mass is 569 g/mol. The Morgan fingerprint density at radius 1 is 1.00 bits per heavy atom. The van der Waals surface area contributed by atoms with E-state index in [2.05, 4.69) is 41.9 Å². The Hall–Kier alpha value is -3.33. The highest BCUT2D eigenvalue weighted by molar-refractivity contribution is 6.01. The molecular weight excluding hydrogens is 531 g/mol. The maximum Gasteiger partial charge on any atom is 0.491 e. The molecule has 0 aliphatic carbocycles. The molecule has 1 amide bonds. The van der Waals surface area contributed by atoms with Crippen LogP contribution in [0.1, 0.15) is 78.2 Å². The number of carbonyl (C=O) groups is 2. The van der Waals surface area contributed by atoms with E-state index in [1.165, 1.54) is 21.6 Å². The number of ether oxygens (including phenoxy) is 1. The highest BCUT2D eigenvalue weighted by Crippen LogP contribution is 2.39. The van der Waals surface area contributed by atoms with E-state index in [0.717, 1.165) is 42.4 Å². The van der Waals surface area contributed by atoms with Gasteiger partial charge in [-0.3, -0.25) is 9.69 Å². The lowest BCUT2D eigenvalue weighted by Gasteiger charge is -2.45. The van der Waals surface area contributed by atoms with Crippen LogP contribution in [0.5, 0.6) is 0 Å². The second kappa shape index (κ2) is 11.2. The lowest BCUT2D eigenvalue weighted by molar-refractivity contribution is -0.222. The lowest BCUT2D eigenvalue weighted by atomic mass is 9.81. The van der Waals surface area contributed by atoms with Gasteiger partial charge in [0.2, 0.25) is 0 Å². The molecule has 0 bridgehead atoms. The van der Waals surface area contributed by atoms with E-state index in [-0.39, 0.29) is 6.54 Å². The second-order valence-electron chi connectivity index (χ2n) is 12.2. The Labute approximate surface area is 238 Å². The van der Waals surface area contributed by atoms with Crippen LogP contribution in [0.3, 0.4) is 0 Å². The van der Waals surface area contributed by atoms with Crippen LogP contribution in [-0.2, 0) is 16.1 Å².